The summed E-state index contributed by atoms with van der Waals surface area (Å²) in [5.41, 5.74) is 0. The smallest absolute Gasteiger partial charge is 0.104 e. The van der Waals surface area contributed by atoms with E-state index >= 15 is 0 Å². The highest BCUT2D eigenvalue weighted by molar-refractivity contribution is 4.68. The third kappa shape index (κ3) is 5.18. The van der Waals surface area contributed by atoms with Gasteiger partial charge in [-0.25, -0.2) is 0 Å². The molecular formula is C8H18O3. The van der Waals surface area contributed by atoms with E-state index in [1.165, 1.54) is 6.42 Å². The monoisotopic (exact) mass is 162 g/mol. The zero-order chi connectivity index (χ0) is 7.40. The van der Waals surface area contributed by atoms with Gasteiger partial charge in [-0.15, -0.1) is 0 Å². The van der Waals surface area contributed by atoms with Crippen molar-refractivity contribution < 1.29 is 14.9 Å². The zero-order valence-corrected chi connectivity index (χ0v) is 7.30. The topological polar surface area (TPSA) is 53.3 Å². The van der Waals surface area contributed by atoms with Crippen molar-refractivity contribution in [1.29, 1.82) is 0 Å². The summed E-state index contributed by atoms with van der Waals surface area (Å²) in [7, 11) is 0. The predicted molar refractivity (Wildman–Crippen MR) is 43.7 cm³/mol. The second-order valence-electron chi connectivity index (χ2n) is 2.89. The maximum absolute atomic E-state index is 5.48. The van der Waals surface area contributed by atoms with Crippen molar-refractivity contribution in [2.24, 2.45) is 0 Å². The Hall–Kier alpha value is -0.120. The van der Waals surface area contributed by atoms with Gasteiger partial charge in [0.15, 0.2) is 0 Å². The van der Waals surface area contributed by atoms with Crippen LogP contribution in [0.3, 0.4) is 0 Å². The largest absolute Gasteiger partial charge is 0.412 e. The van der Waals surface area contributed by atoms with Crippen LogP contribution in [0.15, 0.2) is 0 Å². The van der Waals surface area contributed by atoms with E-state index in [1.54, 1.807) is 0 Å². The third-order valence-corrected chi connectivity index (χ3v) is 1.66. The minimum atomic E-state index is 0. The fourth-order valence-electron chi connectivity index (χ4n) is 0.926. The maximum Gasteiger partial charge on any atom is 0.104 e. The lowest BCUT2D eigenvalue weighted by molar-refractivity contribution is 0.0488. The fourth-order valence-corrected chi connectivity index (χ4v) is 0.926. The first-order valence-electron chi connectivity index (χ1n) is 4.06. The Morgan fingerprint density at radius 3 is 2.73 bits per heavy atom. The summed E-state index contributed by atoms with van der Waals surface area (Å²) in [5.74, 6) is 0. The van der Waals surface area contributed by atoms with Crippen LogP contribution in [0.1, 0.15) is 26.7 Å². The zero-order valence-electron chi connectivity index (χ0n) is 7.30. The molecule has 0 radical (unpaired) electrons. The normalized spacial score (nSPS) is 24.0. The summed E-state index contributed by atoms with van der Waals surface area (Å²) in [5, 5.41) is 0. The molecular weight excluding hydrogens is 144 g/mol. The molecule has 68 valence electrons. The fraction of sp³-hybridized carbons (Fsp3) is 1.00. The van der Waals surface area contributed by atoms with Gasteiger partial charge in [0.2, 0.25) is 0 Å². The second kappa shape index (κ2) is 5.52. The Kier molecular flexibility index (Phi) is 5.46. The molecule has 1 fully saturated rings. The molecule has 1 saturated heterocycles. The Morgan fingerprint density at radius 1 is 1.64 bits per heavy atom. The molecule has 0 aromatic heterocycles. The first-order valence-corrected chi connectivity index (χ1v) is 4.06. The van der Waals surface area contributed by atoms with Crippen molar-refractivity contribution in [2.45, 2.75) is 38.9 Å². The Morgan fingerprint density at radius 2 is 2.27 bits per heavy atom. The summed E-state index contributed by atoms with van der Waals surface area (Å²) in [6, 6.07) is 0. The summed E-state index contributed by atoms with van der Waals surface area (Å²) in [6.45, 7) is 5.99. The van der Waals surface area contributed by atoms with E-state index in [0.29, 0.717) is 12.2 Å². The van der Waals surface area contributed by atoms with Crippen LogP contribution < -0.4 is 0 Å². The second-order valence-corrected chi connectivity index (χ2v) is 2.89. The van der Waals surface area contributed by atoms with Crippen molar-refractivity contribution in [2.75, 3.05) is 13.2 Å². The number of hydrogen-bond donors (Lipinski definition) is 0. The average Bonchev–Trinajstić information content (AvgIpc) is 2.67. The van der Waals surface area contributed by atoms with Gasteiger partial charge in [0.05, 0.1) is 19.3 Å². The van der Waals surface area contributed by atoms with E-state index in [0.717, 1.165) is 19.6 Å². The highest BCUT2D eigenvalue weighted by atomic mass is 16.6. The van der Waals surface area contributed by atoms with E-state index in [9.17, 15) is 0 Å². The van der Waals surface area contributed by atoms with Gasteiger partial charge in [0.25, 0.3) is 0 Å². The molecule has 2 unspecified atom stereocenters. The van der Waals surface area contributed by atoms with Gasteiger partial charge < -0.3 is 14.9 Å². The maximum atomic E-state index is 5.48. The Bertz CT molecular complexity index is 91.3. The van der Waals surface area contributed by atoms with Gasteiger partial charge in [-0.05, 0) is 13.3 Å². The number of ether oxygens (including phenoxy) is 2. The molecule has 0 aromatic carbocycles. The molecule has 1 aliphatic rings. The summed E-state index contributed by atoms with van der Waals surface area (Å²) >= 11 is 0. The Balaban J connectivity index is 0.000001000. The van der Waals surface area contributed by atoms with Crippen LogP contribution in [0.25, 0.3) is 0 Å². The minimum Gasteiger partial charge on any atom is -0.412 e. The van der Waals surface area contributed by atoms with Gasteiger partial charge >= 0.3 is 0 Å². The van der Waals surface area contributed by atoms with E-state index in [4.69, 9.17) is 9.47 Å². The van der Waals surface area contributed by atoms with Crippen molar-refractivity contribution in [3.63, 3.8) is 0 Å². The van der Waals surface area contributed by atoms with Gasteiger partial charge in [0, 0.05) is 0 Å². The van der Waals surface area contributed by atoms with Crippen LogP contribution in [0, 0.1) is 0 Å². The first-order chi connectivity index (χ1) is 4.83. The highest BCUT2D eigenvalue weighted by Crippen LogP contribution is 2.11. The lowest BCUT2D eigenvalue weighted by Gasteiger charge is -2.09. The van der Waals surface area contributed by atoms with Crippen molar-refractivity contribution in [3.05, 3.63) is 0 Å². The molecule has 2 N–H and O–H groups in total. The molecule has 0 amide bonds. The molecule has 2 atom stereocenters. The quantitative estimate of drug-likeness (QED) is 0.560. The molecule has 0 aliphatic carbocycles. The molecule has 11 heavy (non-hydrogen) atoms. The average molecular weight is 162 g/mol. The van der Waals surface area contributed by atoms with Crippen LogP contribution in [-0.2, 0) is 9.47 Å². The van der Waals surface area contributed by atoms with Crippen LogP contribution in [0.4, 0.5) is 0 Å². The molecule has 3 nitrogen and oxygen atoms in total. The minimum absolute atomic E-state index is 0. The van der Waals surface area contributed by atoms with E-state index < -0.39 is 0 Å². The van der Waals surface area contributed by atoms with Crippen LogP contribution in [0.5, 0.6) is 0 Å². The standard InChI is InChI=1S/C8H16O2.H2O/c1-3-4-7(2)9-5-8-6-10-8;/h7-8H,3-6H2,1-2H3;1H2. The van der Waals surface area contributed by atoms with Crippen molar-refractivity contribution in [3.8, 4) is 0 Å². The summed E-state index contributed by atoms with van der Waals surface area (Å²) < 4.78 is 10.5. The molecule has 0 aromatic rings. The number of hydrogen-bond acceptors (Lipinski definition) is 2. The predicted octanol–water partition coefficient (Wildman–Crippen LogP) is 0.766. The lowest BCUT2D eigenvalue weighted by Crippen LogP contribution is -2.11. The number of epoxide rings is 1. The van der Waals surface area contributed by atoms with Gasteiger partial charge in [-0.1, -0.05) is 13.3 Å². The van der Waals surface area contributed by atoms with Crippen LogP contribution in [-0.4, -0.2) is 30.9 Å². The summed E-state index contributed by atoms with van der Waals surface area (Å²) in [4.78, 5) is 0. The Labute approximate surface area is 68.0 Å². The van der Waals surface area contributed by atoms with Crippen LogP contribution in [0.2, 0.25) is 0 Å². The molecule has 3 heteroatoms. The van der Waals surface area contributed by atoms with E-state index in [1.807, 2.05) is 0 Å². The van der Waals surface area contributed by atoms with E-state index in [2.05, 4.69) is 13.8 Å². The molecule has 1 aliphatic heterocycles. The van der Waals surface area contributed by atoms with E-state index in [-0.39, 0.29) is 5.48 Å². The molecule has 0 bridgehead atoms. The highest BCUT2D eigenvalue weighted by Gasteiger charge is 2.22. The molecule has 0 saturated carbocycles. The SMILES string of the molecule is CCCC(C)OCC1CO1.O. The summed E-state index contributed by atoms with van der Waals surface area (Å²) in [6.07, 6.45) is 3.19. The third-order valence-electron chi connectivity index (χ3n) is 1.66. The molecule has 1 heterocycles. The van der Waals surface area contributed by atoms with Gasteiger partial charge in [-0.3, -0.25) is 0 Å². The van der Waals surface area contributed by atoms with Crippen molar-refractivity contribution >= 4 is 0 Å². The number of rotatable bonds is 5. The van der Waals surface area contributed by atoms with Gasteiger partial charge in [0.1, 0.15) is 6.10 Å². The molecule has 0 spiro atoms. The molecule has 1 rings (SSSR count). The van der Waals surface area contributed by atoms with Crippen LogP contribution >= 0.6 is 0 Å². The van der Waals surface area contributed by atoms with Crippen molar-refractivity contribution in [1.82, 2.24) is 0 Å². The van der Waals surface area contributed by atoms with Gasteiger partial charge in [-0.2, -0.15) is 0 Å². The first kappa shape index (κ1) is 10.9. The lowest BCUT2D eigenvalue weighted by atomic mass is 10.2.